The lowest BCUT2D eigenvalue weighted by atomic mass is 10.0. The van der Waals surface area contributed by atoms with Gasteiger partial charge < -0.3 is 19.7 Å². The van der Waals surface area contributed by atoms with E-state index in [1.807, 2.05) is 61.6 Å². The van der Waals surface area contributed by atoms with Crippen LogP contribution in [0, 0.1) is 0 Å². The normalized spacial score (nSPS) is 16.6. The first-order valence-electron chi connectivity index (χ1n) is 12.6. The first-order valence-corrected chi connectivity index (χ1v) is 12.6. The van der Waals surface area contributed by atoms with E-state index >= 15 is 0 Å². The standard InChI is InChI=1S/C27H28N8O3/c1-34-14-19(15-34)24-31-32-25(38-24)21-13-28-27(30-23(21)29-22(16-36)18-8-3-2-4-9-18)33-35-12-11-17-7-5-6-10-20(17)26(35)37/h2-10,13,19,22,36H,11-12,14-16H2,1H3,(H2,28,29,30,33)/t22-/m1/s1. The summed E-state index contributed by atoms with van der Waals surface area (Å²) in [5.41, 5.74) is 6.13. The van der Waals surface area contributed by atoms with Gasteiger partial charge in [-0.3, -0.25) is 10.2 Å². The molecule has 38 heavy (non-hydrogen) atoms. The molecule has 1 atom stereocenters. The maximum absolute atomic E-state index is 13.0. The molecule has 2 aromatic heterocycles. The van der Waals surface area contributed by atoms with E-state index < -0.39 is 6.04 Å². The number of rotatable bonds is 8. The molecule has 1 saturated heterocycles. The molecule has 2 aliphatic rings. The van der Waals surface area contributed by atoms with Crippen molar-refractivity contribution in [2.24, 2.45) is 0 Å². The number of hydrazine groups is 1. The van der Waals surface area contributed by atoms with Gasteiger partial charge in [-0.2, -0.15) is 4.98 Å². The zero-order valence-corrected chi connectivity index (χ0v) is 20.9. The molecule has 2 aromatic carbocycles. The number of benzene rings is 2. The largest absolute Gasteiger partial charge is 0.420 e. The molecule has 0 saturated carbocycles. The Morgan fingerprint density at radius 1 is 1.08 bits per heavy atom. The monoisotopic (exact) mass is 512 g/mol. The zero-order chi connectivity index (χ0) is 26.1. The maximum atomic E-state index is 13.0. The Bertz CT molecular complexity index is 1440. The minimum Gasteiger partial charge on any atom is -0.420 e. The van der Waals surface area contributed by atoms with E-state index in [-0.39, 0.29) is 30.3 Å². The number of likely N-dealkylation sites (tertiary alicyclic amines) is 1. The van der Waals surface area contributed by atoms with Gasteiger partial charge in [0.25, 0.3) is 11.8 Å². The number of aliphatic hydroxyl groups is 1. The van der Waals surface area contributed by atoms with Crippen LogP contribution in [0.5, 0.6) is 0 Å². The van der Waals surface area contributed by atoms with Crippen LogP contribution < -0.4 is 10.7 Å². The van der Waals surface area contributed by atoms with E-state index in [0.717, 1.165) is 30.6 Å². The molecule has 0 radical (unpaired) electrons. The molecule has 0 aliphatic carbocycles. The Kier molecular flexibility index (Phi) is 6.44. The minimum absolute atomic E-state index is 0.140. The third-order valence-corrected chi connectivity index (χ3v) is 6.90. The second-order valence-corrected chi connectivity index (χ2v) is 9.59. The third-order valence-electron chi connectivity index (χ3n) is 6.90. The summed E-state index contributed by atoms with van der Waals surface area (Å²) in [7, 11) is 2.04. The van der Waals surface area contributed by atoms with E-state index in [1.54, 1.807) is 6.20 Å². The molecule has 4 aromatic rings. The van der Waals surface area contributed by atoms with E-state index in [2.05, 4.69) is 35.8 Å². The van der Waals surface area contributed by atoms with Crippen molar-refractivity contribution in [1.29, 1.82) is 0 Å². The van der Waals surface area contributed by atoms with Crippen LogP contribution in [0.4, 0.5) is 11.8 Å². The minimum atomic E-state index is -0.441. The fourth-order valence-corrected chi connectivity index (χ4v) is 4.80. The van der Waals surface area contributed by atoms with Crippen LogP contribution in [0.3, 0.4) is 0 Å². The van der Waals surface area contributed by atoms with Crippen molar-refractivity contribution in [3.05, 3.63) is 83.4 Å². The molecule has 194 valence electrons. The van der Waals surface area contributed by atoms with Crippen LogP contribution in [0.15, 0.2) is 65.2 Å². The van der Waals surface area contributed by atoms with E-state index in [4.69, 9.17) is 4.42 Å². The van der Waals surface area contributed by atoms with Gasteiger partial charge in [-0.25, -0.2) is 9.99 Å². The maximum Gasteiger partial charge on any atom is 0.272 e. The number of aliphatic hydroxyl groups excluding tert-OH is 1. The first kappa shape index (κ1) is 24.0. The number of carbonyl (C=O) groups is 1. The van der Waals surface area contributed by atoms with E-state index in [0.29, 0.717) is 29.4 Å². The number of likely N-dealkylation sites (N-methyl/N-ethyl adjacent to an activating group) is 1. The summed E-state index contributed by atoms with van der Waals surface area (Å²) < 4.78 is 6.01. The molecule has 0 unspecified atom stereocenters. The van der Waals surface area contributed by atoms with Crippen LogP contribution in [0.1, 0.15) is 39.3 Å². The highest BCUT2D eigenvalue weighted by Gasteiger charge is 2.31. The van der Waals surface area contributed by atoms with Crippen molar-refractivity contribution < 1.29 is 14.3 Å². The van der Waals surface area contributed by atoms with Crippen molar-refractivity contribution in [2.75, 3.05) is 44.0 Å². The molecule has 3 N–H and O–H groups in total. The Hall–Kier alpha value is -4.35. The van der Waals surface area contributed by atoms with Gasteiger partial charge in [0.05, 0.1) is 24.1 Å². The van der Waals surface area contributed by atoms with Gasteiger partial charge in [0.15, 0.2) is 0 Å². The summed E-state index contributed by atoms with van der Waals surface area (Å²) >= 11 is 0. The molecular weight excluding hydrogens is 484 g/mol. The second-order valence-electron chi connectivity index (χ2n) is 9.59. The number of nitrogens with one attached hydrogen (secondary N) is 2. The van der Waals surface area contributed by atoms with Crippen LogP contribution in [-0.4, -0.2) is 74.4 Å². The Morgan fingerprint density at radius 3 is 2.66 bits per heavy atom. The molecule has 4 heterocycles. The number of carbonyl (C=O) groups excluding carboxylic acids is 1. The summed E-state index contributed by atoms with van der Waals surface area (Å²) in [4.78, 5) is 24.4. The Labute approximate surface area is 219 Å². The molecule has 2 aliphatic heterocycles. The molecular formula is C27H28N8O3. The zero-order valence-electron chi connectivity index (χ0n) is 20.9. The van der Waals surface area contributed by atoms with Crippen LogP contribution in [0.2, 0.25) is 0 Å². The topological polar surface area (TPSA) is 133 Å². The molecule has 11 nitrogen and oxygen atoms in total. The smallest absolute Gasteiger partial charge is 0.272 e. The SMILES string of the molecule is CN1CC(c2nnc(-c3cnc(NN4CCc5ccccc5C4=O)nc3N[C@H](CO)c3ccccc3)o2)C1. The van der Waals surface area contributed by atoms with E-state index in [1.165, 1.54) is 5.01 Å². The quantitative estimate of drug-likeness (QED) is 0.324. The van der Waals surface area contributed by atoms with Crippen LogP contribution in [0.25, 0.3) is 11.5 Å². The Balaban J connectivity index is 1.31. The second kappa shape index (κ2) is 10.2. The number of hydrogen-bond donors (Lipinski definition) is 3. The summed E-state index contributed by atoms with van der Waals surface area (Å²) in [6.45, 7) is 2.04. The Morgan fingerprint density at radius 2 is 1.87 bits per heavy atom. The molecule has 6 rings (SSSR count). The van der Waals surface area contributed by atoms with Crippen molar-refractivity contribution in [3.8, 4) is 11.5 Å². The molecule has 1 amide bonds. The van der Waals surface area contributed by atoms with Crippen LogP contribution in [-0.2, 0) is 6.42 Å². The van der Waals surface area contributed by atoms with Crippen molar-refractivity contribution in [1.82, 2.24) is 30.1 Å². The van der Waals surface area contributed by atoms with Gasteiger partial charge >= 0.3 is 0 Å². The fourth-order valence-electron chi connectivity index (χ4n) is 4.80. The highest BCUT2D eigenvalue weighted by molar-refractivity contribution is 5.97. The summed E-state index contributed by atoms with van der Waals surface area (Å²) in [6, 6.07) is 16.7. The molecule has 0 spiro atoms. The van der Waals surface area contributed by atoms with Crippen molar-refractivity contribution in [3.63, 3.8) is 0 Å². The number of fused-ring (bicyclic) bond motifs is 1. The highest BCUT2D eigenvalue weighted by atomic mass is 16.4. The predicted octanol–water partition coefficient (Wildman–Crippen LogP) is 2.73. The predicted molar refractivity (Wildman–Crippen MR) is 140 cm³/mol. The summed E-state index contributed by atoms with van der Waals surface area (Å²) in [5, 5.41) is 23.5. The lowest BCUT2D eigenvalue weighted by Crippen LogP contribution is -2.42. The van der Waals surface area contributed by atoms with Gasteiger partial charge in [-0.15, -0.1) is 10.2 Å². The van der Waals surface area contributed by atoms with Crippen LogP contribution >= 0.6 is 0 Å². The fraction of sp³-hybridized carbons (Fsp3) is 0.296. The van der Waals surface area contributed by atoms with Crippen molar-refractivity contribution in [2.45, 2.75) is 18.4 Å². The highest BCUT2D eigenvalue weighted by Crippen LogP contribution is 2.32. The average molecular weight is 513 g/mol. The number of aromatic nitrogens is 4. The number of anilines is 2. The van der Waals surface area contributed by atoms with E-state index in [9.17, 15) is 9.90 Å². The van der Waals surface area contributed by atoms with Gasteiger partial charge in [0, 0.05) is 31.4 Å². The van der Waals surface area contributed by atoms with Crippen molar-refractivity contribution >= 4 is 17.7 Å². The van der Waals surface area contributed by atoms with Gasteiger partial charge in [0.2, 0.25) is 11.8 Å². The number of hydrogen-bond acceptors (Lipinski definition) is 10. The average Bonchev–Trinajstić information content (AvgIpc) is 3.42. The van der Waals surface area contributed by atoms with Gasteiger partial charge in [-0.1, -0.05) is 48.5 Å². The third kappa shape index (κ3) is 4.69. The lowest BCUT2D eigenvalue weighted by Gasteiger charge is -2.33. The first-order chi connectivity index (χ1) is 18.6. The molecule has 1 fully saturated rings. The number of amides is 1. The lowest BCUT2D eigenvalue weighted by molar-refractivity contribution is 0.0777. The number of nitrogens with zero attached hydrogens (tertiary/aromatic N) is 6. The van der Waals surface area contributed by atoms with Gasteiger partial charge in [0.1, 0.15) is 5.82 Å². The molecule has 11 heteroatoms. The summed E-state index contributed by atoms with van der Waals surface area (Å²) in [5.74, 6) is 1.55. The van der Waals surface area contributed by atoms with Gasteiger partial charge in [-0.05, 0) is 30.7 Å². The summed E-state index contributed by atoms with van der Waals surface area (Å²) in [6.07, 6.45) is 2.31. The molecule has 0 bridgehead atoms.